The van der Waals surface area contributed by atoms with Crippen molar-refractivity contribution in [2.45, 2.75) is 53.2 Å². The largest absolute Gasteiger partial charge is 0.461 e. The van der Waals surface area contributed by atoms with E-state index in [1.54, 1.807) is 26.0 Å². The molecule has 0 bridgehead atoms. The van der Waals surface area contributed by atoms with E-state index in [1.165, 1.54) is 0 Å². The standard InChI is InChI=1S/C20H24O5/c1-6-9(2)19(22)24-14-8-11(4)15-13(21)7-10(3)16(15)18-17(14)12(5)20(23)25-18/h6-7,12,14,16-18H,8H2,1-5H3/b9-6+. The van der Waals surface area contributed by atoms with E-state index in [0.717, 1.165) is 11.1 Å². The molecular weight excluding hydrogens is 320 g/mol. The Morgan fingerprint density at radius 3 is 2.64 bits per heavy atom. The highest BCUT2D eigenvalue weighted by molar-refractivity contribution is 6.09. The first-order chi connectivity index (χ1) is 11.8. The number of ether oxygens (including phenoxy) is 2. The van der Waals surface area contributed by atoms with E-state index < -0.39 is 12.2 Å². The molecular formula is C20H24O5. The van der Waals surface area contributed by atoms with E-state index in [9.17, 15) is 14.4 Å². The first kappa shape index (κ1) is 17.6. The van der Waals surface area contributed by atoms with Gasteiger partial charge in [0.25, 0.3) is 0 Å². The molecule has 5 nitrogen and oxygen atoms in total. The van der Waals surface area contributed by atoms with E-state index in [1.807, 2.05) is 20.8 Å². The molecule has 0 aromatic rings. The quantitative estimate of drug-likeness (QED) is 0.569. The monoisotopic (exact) mass is 344 g/mol. The summed E-state index contributed by atoms with van der Waals surface area (Å²) in [5.41, 5.74) is 3.05. The molecule has 0 saturated carbocycles. The normalized spacial score (nSPS) is 35.0. The lowest BCUT2D eigenvalue weighted by molar-refractivity contribution is -0.148. The molecule has 1 saturated heterocycles. The number of rotatable bonds is 2. The lowest BCUT2D eigenvalue weighted by Gasteiger charge is -2.29. The number of hydrogen-bond donors (Lipinski definition) is 0. The van der Waals surface area contributed by atoms with Crippen LogP contribution in [0.2, 0.25) is 0 Å². The van der Waals surface area contributed by atoms with E-state index in [0.29, 0.717) is 17.6 Å². The fourth-order valence-corrected chi connectivity index (χ4v) is 4.26. The first-order valence-electron chi connectivity index (χ1n) is 8.72. The van der Waals surface area contributed by atoms with Gasteiger partial charge in [0.2, 0.25) is 0 Å². The lowest BCUT2D eigenvalue weighted by atomic mass is 9.79. The minimum absolute atomic E-state index is 0.0223. The summed E-state index contributed by atoms with van der Waals surface area (Å²) in [5.74, 6) is -1.55. The molecule has 0 radical (unpaired) electrons. The lowest BCUT2D eigenvalue weighted by Crippen LogP contribution is -2.38. The van der Waals surface area contributed by atoms with Gasteiger partial charge in [-0.3, -0.25) is 9.59 Å². The van der Waals surface area contributed by atoms with Gasteiger partial charge in [-0.2, -0.15) is 0 Å². The molecule has 0 aromatic carbocycles. The highest BCUT2D eigenvalue weighted by Gasteiger charge is 2.55. The van der Waals surface area contributed by atoms with Gasteiger partial charge in [0.05, 0.1) is 5.92 Å². The maximum atomic E-state index is 12.4. The van der Waals surface area contributed by atoms with Crippen LogP contribution < -0.4 is 0 Å². The van der Waals surface area contributed by atoms with Crippen molar-refractivity contribution in [3.63, 3.8) is 0 Å². The second-order valence-corrected chi connectivity index (χ2v) is 7.31. The molecule has 0 spiro atoms. The van der Waals surface area contributed by atoms with Gasteiger partial charge >= 0.3 is 11.9 Å². The molecule has 5 atom stereocenters. The topological polar surface area (TPSA) is 69.7 Å². The Kier molecular flexibility index (Phi) is 4.43. The zero-order valence-electron chi connectivity index (χ0n) is 15.3. The predicted octanol–water partition coefficient (Wildman–Crippen LogP) is 2.91. The fraction of sp³-hybridized carbons (Fsp3) is 0.550. The number of fused-ring (bicyclic) bond motifs is 3. The second kappa shape index (κ2) is 6.28. The van der Waals surface area contributed by atoms with E-state index in [2.05, 4.69) is 0 Å². The van der Waals surface area contributed by atoms with Crippen LogP contribution in [0.1, 0.15) is 41.0 Å². The Morgan fingerprint density at radius 1 is 1.32 bits per heavy atom. The summed E-state index contributed by atoms with van der Waals surface area (Å²) in [6, 6.07) is 0. The molecule has 5 heteroatoms. The molecule has 0 amide bonds. The molecule has 3 aliphatic rings. The second-order valence-electron chi connectivity index (χ2n) is 7.31. The van der Waals surface area contributed by atoms with Crippen molar-refractivity contribution in [1.29, 1.82) is 0 Å². The smallest absolute Gasteiger partial charge is 0.333 e. The van der Waals surface area contributed by atoms with Crippen LogP contribution in [0, 0.1) is 17.8 Å². The van der Waals surface area contributed by atoms with Crippen molar-refractivity contribution in [2.24, 2.45) is 17.8 Å². The number of hydrogen-bond acceptors (Lipinski definition) is 5. The summed E-state index contributed by atoms with van der Waals surface area (Å²) in [6.45, 7) is 9.09. The number of carbonyl (C=O) groups excluding carboxylic acids is 3. The van der Waals surface area contributed by atoms with Crippen LogP contribution in [-0.2, 0) is 23.9 Å². The van der Waals surface area contributed by atoms with Crippen LogP contribution in [0.25, 0.3) is 0 Å². The molecule has 1 aliphatic heterocycles. The molecule has 1 fully saturated rings. The van der Waals surface area contributed by atoms with E-state index >= 15 is 0 Å². The average molecular weight is 344 g/mol. The summed E-state index contributed by atoms with van der Waals surface area (Å²) < 4.78 is 11.4. The Hall–Kier alpha value is -2.17. The van der Waals surface area contributed by atoms with Crippen LogP contribution in [0.4, 0.5) is 0 Å². The molecule has 5 unspecified atom stereocenters. The van der Waals surface area contributed by atoms with Crippen LogP contribution in [0.5, 0.6) is 0 Å². The van der Waals surface area contributed by atoms with Gasteiger partial charge in [0, 0.05) is 29.4 Å². The summed E-state index contributed by atoms with van der Waals surface area (Å²) in [7, 11) is 0. The Morgan fingerprint density at radius 2 is 2.00 bits per heavy atom. The van der Waals surface area contributed by atoms with Crippen LogP contribution in [0.15, 0.2) is 34.4 Å². The predicted molar refractivity (Wildman–Crippen MR) is 91.4 cm³/mol. The zero-order valence-corrected chi connectivity index (χ0v) is 15.3. The van der Waals surface area contributed by atoms with Crippen LogP contribution in [0.3, 0.4) is 0 Å². The first-order valence-corrected chi connectivity index (χ1v) is 8.72. The van der Waals surface area contributed by atoms with Crippen molar-refractivity contribution in [3.8, 4) is 0 Å². The summed E-state index contributed by atoms with van der Waals surface area (Å²) in [5, 5.41) is 0. The van der Waals surface area contributed by atoms with Gasteiger partial charge in [0.1, 0.15) is 12.2 Å². The van der Waals surface area contributed by atoms with Gasteiger partial charge < -0.3 is 9.47 Å². The third-order valence-corrected chi connectivity index (χ3v) is 5.74. The molecule has 134 valence electrons. The molecule has 2 aliphatic carbocycles. The number of carbonyl (C=O) groups is 3. The van der Waals surface area contributed by atoms with Gasteiger partial charge in [-0.1, -0.05) is 24.1 Å². The SMILES string of the molecule is C/C=C(\C)C(=O)OC1CC(C)=C2C(=O)C=C(C)C2C2OC(=O)C(C)C12. The Labute approximate surface area is 147 Å². The highest BCUT2D eigenvalue weighted by atomic mass is 16.6. The maximum Gasteiger partial charge on any atom is 0.333 e. The number of esters is 2. The Bertz CT molecular complexity index is 739. The van der Waals surface area contributed by atoms with Gasteiger partial charge in [-0.15, -0.1) is 0 Å². The van der Waals surface area contributed by atoms with Crippen molar-refractivity contribution in [2.75, 3.05) is 0 Å². The zero-order chi connectivity index (χ0) is 18.5. The Balaban J connectivity index is 2.02. The summed E-state index contributed by atoms with van der Waals surface area (Å²) in [4.78, 5) is 37.0. The van der Waals surface area contributed by atoms with Gasteiger partial charge in [-0.05, 0) is 33.8 Å². The number of ketones is 1. The third kappa shape index (κ3) is 2.75. The van der Waals surface area contributed by atoms with Gasteiger partial charge in [0.15, 0.2) is 5.78 Å². The average Bonchev–Trinajstić information content (AvgIpc) is 2.96. The van der Waals surface area contributed by atoms with Crippen LogP contribution in [-0.4, -0.2) is 29.9 Å². The minimum atomic E-state index is -0.479. The van der Waals surface area contributed by atoms with Crippen molar-refractivity contribution in [1.82, 2.24) is 0 Å². The fourth-order valence-electron chi connectivity index (χ4n) is 4.26. The van der Waals surface area contributed by atoms with E-state index in [4.69, 9.17) is 9.47 Å². The molecule has 0 aromatic heterocycles. The van der Waals surface area contributed by atoms with Crippen LogP contribution >= 0.6 is 0 Å². The highest BCUT2D eigenvalue weighted by Crippen LogP contribution is 2.48. The number of allylic oxidation sites excluding steroid dienone is 2. The molecule has 0 N–H and O–H groups in total. The minimum Gasteiger partial charge on any atom is -0.461 e. The van der Waals surface area contributed by atoms with Crippen molar-refractivity contribution < 1.29 is 23.9 Å². The summed E-state index contributed by atoms with van der Waals surface area (Å²) in [6.07, 6.45) is 2.85. The van der Waals surface area contributed by atoms with Crippen molar-refractivity contribution >= 4 is 17.7 Å². The molecule has 3 rings (SSSR count). The molecule has 25 heavy (non-hydrogen) atoms. The third-order valence-electron chi connectivity index (χ3n) is 5.74. The van der Waals surface area contributed by atoms with Gasteiger partial charge in [-0.25, -0.2) is 4.79 Å². The van der Waals surface area contributed by atoms with Crippen molar-refractivity contribution in [3.05, 3.63) is 34.4 Å². The van der Waals surface area contributed by atoms with E-state index in [-0.39, 0.29) is 35.5 Å². The summed E-state index contributed by atoms with van der Waals surface area (Å²) >= 11 is 0. The maximum absolute atomic E-state index is 12.4. The molecule has 1 heterocycles.